The van der Waals surface area contributed by atoms with E-state index >= 15 is 0 Å². The van der Waals surface area contributed by atoms with Gasteiger partial charge in [0.05, 0.1) is 0 Å². The van der Waals surface area contributed by atoms with Gasteiger partial charge in [0, 0.05) is 0 Å². The second-order valence-corrected chi connectivity index (χ2v) is 18.4. The third kappa shape index (κ3) is 2.79. The summed E-state index contributed by atoms with van der Waals surface area (Å²) in [7, 11) is 1.84. The van der Waals surface area contributed by atoms with Crippen LogP contribution in [0.25, 0.3) is 0 Å². The molecule has 0 N–H and O–H groups in total. The monoisotopic (exact) mass is 252 g/mol. The number of hydrogen-bond acceptors (Lipinski definition) is 1. The molecule has 0 heterocycles. The molecule has 0 aromatic rings. The molecule has 2 heteroatoms. The number of methoxy groups -OCH3 is 1. The van der Waals surface area contributed by atoms with Gasteiger partial charge in [-0.2, -0.15) is 0 Å². The van der Waals surface area contributed by atoms with Gasteiger partial charge >= 0.3 is 68.9 Å². The predicted octanol–water partition coefficient (Wildman–Crippen LogP) is 2.68. The van der Waals surface area contributed by atoms with Crippen molar-refractivity contribution in [3.63, 3.8) is 0 Å². The molecule has 0 radical (unpaired) electrons. The van der Waals surface area contributed by atoms with Gasteiger partial charge in [-0.3, -0.25) is 0 Å². The molecular formula is C8H20OSn. The first-order valence-electron chi connectivity index (χ1n) is 4.23. The van der Waals surface area contributed by atoms with E-state index in [-0.39, 0.29) is 0 Å². The Balaban J connectivity index is 3.87. The van der Waals surface area contributed by atoms with Crippen LogP contribution in [0.2, 0.25) is 13.3 Å². The van der Waals surface area contributed by atoms with Crippen LogP contribution >= 0.6 is 0 Å². The van der Waals surface area contributed by atoms with E-state index in [0.29, 0.717) is 0 Å². The van der Waals surface area contributed by atoms with Gasteiger partial charge in [-0.25, -0.2) is 0 Å². The molecule has 0 spiro atoms. The van der Waals surface area contributed by atoms with E-state index in [0.717, 1.165) is 4.62 Å². The standard InChI is InChI=1S/C2H5O.3C2H5.Sn/c1-3-2;3*1-2;/h1H2,2H3;3*1H2,2H3;. The van der Waals surface area contributed by atoms with Gasteiger partial charge in [-0.1, -0.05) is 0 Å². The van der Waals surface area contributed by atoms with Gasteiger partial charge in [0.15, 0.2) is 0 Å². The van der Waals surface area contributed by atoms with E-state index in [4.69, 9.17) is 4.74 Å². The molecule has 0 atom stereocenters. The Morgan fingerprint density at radius 1 is 1.00 bits per heavy atom. The van der Waals surface area contributed by atoms with Crippen LogP contribution in [0.15, 0.2) is 0 Å². The molecule has 0 aliphatic rings. The zero-order valence-corrected chi connectivity index (χ0v) is 10.6. The topological polar surface area (TPSA) is 9.23 Å². The summed E-state index contributed by atoms with van der Waals surface area (Å²) in [4.78, 5) is 0. The Bertz CT molecular complexity index is 71.1. The third-order valence-corrected chi connectivity index (χ3v) is 18.1. The summed E-state index contributed by atoms with van der Waals surface area (Å²) in [5.74, 6) is 0. The van der Waals surface area contributed by atoms with E-state index < -0.39 is 18.4 Å². The van der Waals surface area contributed by atoms with Crippen molar-refractivity contribution in [1.82, 2.24) is 0 Å². The molecule has 1 nitrogen and oxygen atoms in total. The van der Waals surface area contributed by atoms with E-state index in [1.54, 1.807) is 0 Å². The van der Waals surface area contributed by atoms with Crippen molar-refractivity contribution in [2.24, 2.45) is 0 Å². The van der Waals surface area contributed by atoms with Crippen molar-refractivity contribution >= 4 is 18.4 Å². The Morgan fingerprint density at radius 3 is 1.50 bits per heavy atom. The van der Waals surface area contributed by atoms with Crippen LogP contribution in [0.1, 0.15) is 20.8 Å². The molecule has 0 saturated heterocycles. The maximum absolute atomic E-state index is 5.27. The maximum atomic E-state index is 5.27. The molecule has 0 rings (SSSR count). The second-order valence-electron chi connectivity index (χ2n) is 2.99. The Labute approximate surface area is 69.0 Å². The molecule has 0 bridgehead atoms. The minimum atomic E-state index is -1.65. The van der Waals surface area contributed by atoms with E-state index in [1.165, 1.54) is 13.3 Å². The molecule has 0 aliphatic carbocycles. The molecule has 0 aromatic heterocycles. The Kier molecular flexibility index (Phi) is 5.83. The summed E-state index contributed by atoms with van der Waals surface area (Å²) in [5.41, 5.74) is 0. The SMILES string of the molecule is C[CH2][Sn]([CH2]C)([CH2]C)[CH2]OC. The van der Waals surface area contributed by atoms with Crippen molar-refractivity contribution < 1.29 is 4.74 Å². The quantitative estimate of drug-likeness (QED) is 0.682. The van der Waals surface area contributed by atoms with E-state index in [9.17, 15) is 0 Å². The van der Waals surface area contributed by atoms with Gasteiger partial charge in [-0.05, 0) is 0 Å². The van der Waals surface area contributed by atoms with Crippen LogP contribution < -0.4 is 0 Å². The second kappa shape index (κ2) is 5.41. The molecule has 0 saturated carbocycles. The predicted molar refractivity (Wildman–Crippen MR) is 49.1 cm³/mol. The van der Waals surface area contributed by atoms with Gasteiger partial charge in [0.2, 0.25) is 0 Å². The summed E-state index contributed by atoms with van der Waals surface area (Å²) in [6.45, 7) is 7.01. The van der Waals surface area contributed by atoms with Gasteiger partial charge in [-0.15, -0.1) is 0 Å². The normalized spacial score (nSPS) is 12.0. The van der Waals surface area contributed by atoms with Crippen molar-refractivity contribution in [2.75, 3.05) is 11.7 Å². The first-order chi connectivity index (χ1) is 4.74. The minimum absolute atomic E-state index is 1.12. The van der Waals surface area contributed by atoms with E-state index in [2.05, 4.69) is 20.8 Å². The summed E-state index contributed by atoms with van der Waals surface area (Å²) in [6.07, 6.45) is 0. The van der Waals surface area contributed by atoms with E-state index in [1.807, 2.05) is 7.11 Å². The first-order valence-corrected chi connectivity index (χ1v) is 12.3. The summed E-state index contributed by atoms with van der Waals surface area (Å²) in [6, 6.07) is 0. The van der Waals surface area contributed by atoms with Crippen LogP contribution in [0.3, 0.4) is 0 Å². The van der Waals surface area contributed by atoms with Gasteiger partial charge in [0.25, 0.3) is 0 Å². The average Bonchev–Trinajstić information content (AvgIpc) is 2.01. The number of rotatable bonds is 5. The van der Waals surface area contributed by atoms with Crippen LogP contribution in [-0.4, -0.2) is 30.1 Å². The van der Waals surface area contributed by atoms with Gasteiger partial charge < -0.3 is 0 Å². The Morgan fingerprint density at radius 2 is 1.40 bits per heavy atom. The van der Waals surface area contributed by atoms with Crippen LogP contribution in [0, 0.1) is 0 Å². The molecule has 0 fully saturated rings. The molecule has 62 valence electrons. The van der Waals surface area contributed by atoms with Crippen LogP contribution in [0.4, 0.5) is 0 Å². The molecule has 0 amide bonds. The first kappa shape index (κ1) is 10.8. The molecule has 10 heavy (non-hydrogen) atoms. The van der Waals surface area contributed by atoms with Crippen molar-refractivity contribution in [2.45, 2.75) is 34.1 Å². The number of hydrogen-bond donors (Lipinski definition) is 0. The zero-order chi connectivity index (χ0) is 8.04. The van der Waals surface area contributed by atoms with Crippen LogP contribution in [-0.2, 0) is 4.74 Å². The summed E-state index contributed by atoms with van der Waals surface area (Å²) < 4.78 is 10.7. The summed E-state index contributed by atoms with van der Waals surface area (Å²) in [5, 5.41) is 0. The fourth-order valence-electron chi connectivity index (χ4n) is 1.36. The van der Waals surface area contributed by atoms with Gasteiger partial charge in [0.1, 0.15) is 0 Å². The molecule has 0 unspecified atom stereocenters. The van der Waals surface area contributed by atoms with Crippen LogP contribution in [0.5, 0.6) is 0 Å². The van der Waals surface area contributed by atoms with Crippen molar-refractivity contribution in [3.05, 3.63) is 0 Å². The fraction of sp³-hybridized carbons (Fsp3) is 1.00. The number of ether oxygens (including phenoxy) is 1. The zero-order valence-electron chi connectivity index (χ0n) is 7.74. The molecular weight excluding hydrogens is 231 g/mol. The van der Waals surface area contributed by atoms with Crippen molar-refractivity contribution in [3.8, 4) is 0 Å². The summed E-state index contributed by atoms with van der Waals surface area (Å²) >= 11 is -1.65. The molecule has 0 aliphatic heterocycles. The third-order valence-electron chi connectivity index (χ3n) is 2.70. The van der Waals surface area contributed by atoms with Crippen molar-refractivity contribution in [1.29, 1.82) is 0 Å². The fourth-order valence-corrected chi connectivity index (χ4v) is 9.14. The average molecular weight is 251 g/mol. The molecule has 0 aromatic carbocycles. The Hall–Kier alpha value is 0.759.